The number of benzene rings is 5. The SMILES string of the molecule is c1ccc2c(c1)Cc1cc3c(cc1-2)N1c2ccccc2Cc2c4c(cc(c21)C3)-c1ccccc1C4. The molecule has 0 radical (unpaired) electrons. The lowest BCUT2D eigenvalue weighted by Crippen LogP contribution is -2.25. The number of para-hydroxylation sites is 1. The first-order valence-electron chi connectivity index (χ1n) is 12.7. The summed E-state index contributed by atoms with van der Waals surface area (Å²) in [5.41, 5.74) is 21.8. The van der Waals surface area contributed by atoms with Crippen LogP contribution in [-0.4, -0.2) is 0 Å². The predicted octanol–water partition coefficient (Wildman–Crippen LogP) is 8.11. The van der Waals surface area contributed by atoms with Crippen LogP contribution in [0.4, 0.5) is 17.1 Å². The molecule has 2 aliphatic heterocycles. The highest BCUT2D eigenvalue weighted by Gasteiger charge is 2.36. The van der Waals surface area contributed by atoms with E-state index in [0.717, 1.165) is 25.7 Å². The standard InChI is InChI=1S/C34H23N/c1-4-10-26-20(7-1)13-23-14-24-15-25-18-29-27-11-5-2-8-21(27)16-30(29)31-17-22-9-3-6-12-32(22)35(34(25)31)33(24)19-28(23)26/h1-12,14,18-19H,13,15-17H2. The molecule has 0 spiro atoms. The molecule has 164 valence electrons. The average Bonchev–Trinajstić information content (AvgIpc) is 3.45. The van der Waals surface area contributed by atoms with Gasteiger partial charge in [-0.2, -0.15) is 0 Å². The monoisotopic (exact) mass is 445 g/mol. The second kappa shape index (κ2) is 6.31. The van der Waals surface area contributed by atoms with Crippen LogP contribution in [0.5, 0.6) is 0 Å². The van der Waals surface area contributed by atoms with Crippen molar-refractivity contribution in [3.8, 4) is 22.3 Å². The minimum Gasteiger partial charge on any atom is -0.309 e. The first kappa shape index (κ1) is 18.3. The topological polar surface area (TPSA) is 3.24 Å². The molecule has 0 saturated heterocycles. The summed E-state index contributed by atoms with van der Waals surface area (Å²) in [7, 11) is 0. The van der Waals surface area contributed by atoms with E-state index in [0.29, 0.717) is 0 Å². The molecule has 9 rings (SSSR count). The lowest BCUT2D eigenvalue weighted by Gasteiger charge is -2.40. The van der Waals surface area contributed by atoms with Crippen molar-refractivity contribution in [1.29, 1.82) is 0 Å². The van der Waals surface area contributed by atoms with Crippen molar-refractivity contribution in [2.45, 2.75) is 25.7 Å². The number of nitrogens with zero attached hydrogens (tertiary/aromatic N) is 1. The molecule has 2 heterocycles. The van der Waals surface area contributed by atoms with Crippen molar-refractivity contribution in [3.63, 3.8) is 0 Å². The Morgan fingerprint density at radius 2 is 1.06 bits per heavy atom. The van der Waals surface area contributed by atoms with Gasteiger partial charge < -0.3 is 4.90 Å². The molecule has 1 heteroatoms. The van der Waals surface area contributed by atoms with Crippen molar-refractivity contribution < 1.29 is 0 Å². The predicted molar refractivity (Wildman–Crippen MR) is 143 cm³/mol. The summed E-state index contributed by atoms with van der Waals surface area (Å²) in [5.74, 6) is 0. The first-order chi connectivity index (χ1) is 17.3. The maximum atomic E-state index is 2.60. The summed E-state index contributed by atoms with van der Waals surface area (Å²) in [5, 5.41) is 0. The molecule has 35 heavy (non-hydrogen) atoms. The summed E-state index contributed by atoms with van der Waals surface area (Å²) in [6.45, 7) is 0. The van der Waals surface area contributed by atoms with E-state index in [2.05, 4.69) is 95.9 Å². The molecule has 0 aromatic heterocycles. The Balaban J connectivity index is 1.34. The normalized spacial score (nSPS) is 14.9. The van der Waals surface area contributed by atoms with Gasteiger partial charge in [0.15, 0.2) is 0 Å². The average molecular weight is 446 g/mol. The van der Waals surface area contributed by atoms with Crippen molar-refractivity contribution in [1.82, 2.24) is 0 Å². The highest BCUT2D eigenvalue weighted by Crippen LogP contribution is 2.56. The molecule has 0 atom stereocenters. The molecule has 0 bridgehead atoms. The quantitative estimate of drug-likeness (QED) is 0.228. The molecule has 1 nitrogen and oxygen atoms in total. The molecule has 0 N–H and O–H groups in total. The van der Waals surface area contributed by atoms with Crippen LogP contribution in [-0.2, 0) is 25.7 Å². The van der Waals surface area contributed by atoms with E-state index in [-0.39, 0.29) is 0 Å². The van der Waals surface area contributed by atoms with Crippen LogP contribution in [0.15, 0.2) is 91.0 Å². The number of anilines is 3. The summed E-state index contributed by atoms with van der Waals surface area (Å²) in [6, 6.07) is 34.5. The Morgan fingerprint density at radius 3 is 1.91 bits per heavy atom. The largest absolute Gasteiger partial charge is 0.309 e. The molecule has 0 saturated carbocycles. The third kappa shape index (κ3) is 2.29. The summed E-state index contributed by atoms with van der Waals surface area (Å²) in [6.07, 6.45) is 4.13. The second-order valence-corrected chi connectivity index (χ2v) is 10.5. The summed E-state index contributed by atoms with van der Waals surface area (Å²) >= 11 is 0. The Hall–Kier alpha value is -4.10. The van der Waals surface area contributed by atoms with E-state index in [4.69, 9.17) is 0 Å². The Labute approximate surface area is 205 Å². The molecule has 0 unspecified atom stereocenters. The van der Waals surface area contributed by atoms with Crippen LogP contribution >= 0.6 is 0 Å². The number of rotatable bonds is 0. The Morgan fingerprint density at radius 1 is 0.400 bits per heavy atom. The van der Waals surface area contributed by atoms with Gasteiger partial charge in [-0.15, -0.1) is 0 Å². The minimum absolute atomic E-state index is 1.01. The summed E-state index contributed by atoms with van der Waals surface area (Å²) in [4.78, 5) is 2.60. The zero-order valence-corrected chi connectivity index (χ0v) is 19.4. The summed E-state index contributed by atoms with van der Waals surface area (Å²) < 4.78 is 0. The second-order valence-electron chi connectivity index (χ2n) is 10.5. The van der Waals surface area contributed by atoms with E-state index in [1.165, 1.54) is 72.7 Å². The fourth-order valence-corrected chi connectivity index (χ4v) is 7.22. The van der Waals surface area contributed by atoms with E-state index in [1.54, 1.807) is 11.1 Å². The molecule has 0 amide bonds. The fourth-order valence-electron chi connectivity index (χ4n) is 7.22. The third-order valence-corrected chi connectivity index (χ3v) is 8.71. The third-order valence-electron chi connectivity index (χ3n) is 8.71. The molecular weight excluding hydrogens is 422 g/mol. The molecule has 2 aliphatic carbocycles. The van der Waals surface area contributed by atoms with Gasteiger partial charge in [-0.05, 0) is 97.8 Å². The van der Waals surface area contributed by atoms with Gasteiger partial charge >= 0.3 is 0 Å². The van der Waals surface area contributed by atoms with Crippen LogP contribution in [0, 0.1) is 0 Å². The Bertz CT molecular complexity index is 1760. The van der Waals surface area contributed by atoms with Gasteiger partial charge in [0, 0.05) is 18.5 Å². The zero-order valence-electron chi connectivity index (χ0n) is 19.4. The van der Waals surface area contributed by atoms with E-state index < -0.39 is 0 Å². The number of hydrogen-bond donors (Lipinski definition) is 0. The number of fused-ring (bicyclic) bond motifs is 11. The lowest BCUT2D eigenvalue weighted by molar-refractivity contribution is 0.992. The van der Waals surface area contributed by atoms with Crippen molar-refractivity contribution in [2.75, 3.05) is 4.90 Å². The van der Waals surface area contributed by atoms with Crippen LogP contribution in [0.2, 0.25) is 0 Å². The molecule has 5 aromatic rings. The van der Waals surface area contributed by atoms with Crippen LogP contribution in [0.25, 0.3) is 22.3 Å². The Kier molecular flexibility index (Phi) is 3.29. The number of hydrogen-bond acceptors (Lipinski definition) is 1. The van der Waals surface area contributed by atoms with E-state index >= 15 is 0 Å². The molecular formula is C34H23N. The van der Waals surface area contributed by atoms with E-state index in [1.807, 2.05) is 0 Å². The van der Waals surface area contributed by atoms with Crippen LogP contribution in [0.1, 0.15) is 44.5 Å². The fraction of sp³-hybridized carbons (Fsp3) is 0.118. The first-order valence-corrected chi connectivity index (χ1v) is 12.7. The molecule has 5 aromatic carbocycles. The van der Waals surface area contributed by atoms with Gasteiger partial charge in [0.2, 0.25) is 0 Å². The minimum atomic E-state index is 1.01. The van der Waals surface area contributed by atoms with Gasteiger partial charge in [0.05, 0.1) is 11.4 Å². The van der Waals surface area contributed by atoms with Gasteiger partial charge in [0.25, 0.3) is 0 Å². The van der Waals surface area contributed by atoms with Crippen molar-refractivity contribution >= 4 is 17.1 Å². The maximum absolute atomic E-state index is 2.60. The van der Waals surface area contributed by atoms with Gasteiger partial charge in [-0.3, -0.25) is 0 Å². The smallest absolute Gasteiger partial charge is 0.0535 e. The van der Waals surface area contributed by atoms with Crippen LogP contribution < -0.4 is 4.90 Å². The van der Waals surface area contributed by atoms with Crippen LogP contribution in [0.3, 0.4) is 0 Å². The van der Waals surface area contributed by atoms with E-state index in [9.17, 15) is 0 Å². The highest BCUT2D eigenvalue weighted by molar-refractivity contribution is 5.95. The van der Waals surface area contributed by atoms with Crippen molar-refractivity contribution in [3.05, 3.63) is 136 Å². The van der Waals surface area contributed by atoms with Gasteiger partial charge in [0.1, 0.15) is 0 Å². The van der Waals surface area contributed by atoms with Crippen molar-refractivity contribution in [2.24, 2.45) is 0 Å². The molecule has 4 aliphatic rings. The zero-order chi connectivity index (χ0) is 22.7. The maximum Gasteiger partial charge on any atom is 0.0535 e. The van der Waals surface area contributed by atoms with Gasteiger partial charge in [-0.1, -0.05) is 72.8 Å². The molecule has 0 fully saturated rings. The highest BCUT2D eigenvalue weighted by atomic mass is 15.2. The van der Waals surface area contributed by atoms with Gasteiger partial charge in [-0.25, -0.2) is 0 Å². The lowest BCUT2D eigenvalue weighted by atomic mass is 9.81.